The Morgan fingerprint density at radius 3 is 3.30 bits per heavy atom. The van der Waals surface area contributed by atoms with Gasteiger partial charge in [0.1, 0.15) is 6.34 Å². The standard InChI is InChI=1S/C8H12N2/c1-2-4-8-5-3-6-9-7-10-8/h3,5,7H,2,4,6H2,1H3. The lowest BCUT2D eigenvalue weighted by atomic mass is 10.2. The second-order valence-electron chi connectivity index (χ2n) is 2.25. The van der Waals surface area contributed by atoms with Gasteiger partial charge in [-0.3, -0.25) is 4.99 Å². The maximum absolute atomic E-state index is 4.15. The van der Waals surface area contributed by atoms with Crippen LogP contribution in [0.1, 0.15) is 19.8 Å². The molecule has 0 radical (unpaired) electrons. The van der Waals surface area contributed by atoms with Gasteiger partial charge in [-0.25, -0.2) is 4.99 Å². The van der Waals surface area contributed by atoms with Gasteiger partial charge in [0, 0.05) is 5.71 Å². The molecular formula is C8H12N2. The lowest BCUT2D eigenvalue weighted by molar-refractivity contribution is 0.998. The van der Waals surface area contributed by atoms with Gasteiger partial charge in [-0.05, 0) is 12.5 Å². The quantitative estimate of drug-likeness (QED) is 0.553. The summed E-state index contributed by atoms with van der Waals surface area (Å²) in [6.45, 7) is 2.93. The minimum Gasteiger partial charge on any atom is -0.269 e. The number of rotatable bonds is 2. The molecule has 0 unspecified atom stereocenters. The Kier molecular flexibility index (Phi) is 2.87. The highest BCUT2D eigenvalue weighted by Gasteiger charge is 1.91. The van der Waals surface area contributed by atoms with E-state index in [0.29, 0.717) is 0 Å². The zero-order valence-corrected chi connectivity index (χ0v) is 6.25. The second-order valence-corrected chi connectivity index (χ2v) is 2.25. The van der Waals surface area contributed by atoms with Crippen molar-refractivity contribution in [2.24, 2.45) is 9.98 Å². The Bertz CT molecular complexity index is 178. The Balaban J connectivity index is 2.55. The molecule has 1 aliphatic heterocycles. The summed E-state index contributed by atoms with van der Waals surface area (Å²) in [5.41, 5.74) is 1.14. The summed E-state index contributed by atoms with van der Waals surface area (Å²) < 4.78 is 0. The highest BCUT2D eigenvalue weighted by molar-refractivity contribution is 5.99. The van der Waals surface area contributed by atoms with E-state index in [1.54, 1.807) is 6.34 Å². The van der Waals surface area contributed by atoms with E-state index in [0.717, 1.165) is 25.1 Å². The Morgan fingerprint density at radius 1 is 1.60 bits per heavy atom. The third-order valence-electron chi connectivity index (χ3n) is 1.33. The lowest BCUT2D eigenvalue weighted by Gasteiger charge is -1.92. The minimum absolute atomic E-state index is 0.775. The third kappa shape index (κ3) is 2.13. The molecule has 2 heteroatoms. The van der Waals surface area contributed by atoms with E-state index < -0.39 is 0 Å². The summed E-state index contributed by atoms with van der Waals surface area (Å²) in [7, 11) is 0. The van der Waals surface area contributed by atoms with Crippen LogP contribution in [-0.4, -0.2) is 18.6 Å². The van der Waals surface area contributed by atoms with E-state index in [-0.39, 0.29) is 0 Å². The zero-order chi connectivity index (χ0) is 7.23. The van der Waals surface area contributed by atoms with Crippen molar-refractivity contribution in [1.82, 2.24) is 0 Å². The molecule has 1 aliphatic rings. The fraction of sp³-hybridized carbons (Fsp3) is 0.500. The molecule has 2 nitrogen and oxygen atoms in total. The average Bonchev–Trinajstić information content (AvgIpc) is 2.17. The van der Waals surface area contributed by atoms with Gasteiger partial charge in [-0.15, -0.1) is 0 Å². The van der Waals surface area contributed by atoms with Crippen LogP contribution in [-0.2, 0) is 0 Å². The topological polar surface area (TPSA) is 24.7 Å². The second kappa shape index (κ2) is 3.99. The largest absolute Gasteiger partial charge is 0.269 e. The molecule has 0 aliphatic carbocycles. The van der Waals surface area contributed by atoms with Crippen molar-refractivity contribution in [3.05, 3.63) is 12.2 Å². The van der Waals surface area contributed by atoms with Gasteiger partial charge >= 0.3 is 0 Å². The van der Waals surface area contributed by atoms with Gasteiger partial charge in [0.2, 0.25) is 0 Å². The highest BCUT2D eigenvalue weighted by Crippen LogP contribution is 1.96. The van der Waals surface area contributed by atoms with Crippen molar-refractivity contribution in [2.75, 3.05) is 6.54 Å². The third-order valence-corrected chi connectivity index (χ3v) is 1.33. The first-order chi connectivity index (χ1) is 4.93. The molecule has 0 aromatic carbocycles. The molecule has 0 bridgehead atoms. The summed E-state index contributed by atoms with van der Waals surface area (Å²) >= 11 is 0. The molecule has 1 heterocycles. The molecule has 0 aromatic heterocycles. The summed E-state index contributed by atoms with van der Waals surface area (Å²) in [6, 6.07) is 0. The molecule has 0 N–H and O–H groups in total. The van der Waals surface area contributed by atoms with Crippen LogP contribution < -0.4 is 0 Å². The molecular weight excluding hydrogens is 124 g/mol. The lowest BCUT2D eigenvalue weighted by Crippen LogP contribution is -1.91. The monoisotopic (exact) mass is 136 g/mol. The number of aliphatic imine (C=N–C) groups is 2. The van der Waals surface area contributed by atoms with Gasteiger partial charge in [-0.1, -0.05) is 19.4 Å². The van der Waals surface area contributed by atoms with Crippen LogP contribution in [0.3, 0.4) is 0 Å². The number of hydrogen-bond acceptors (Lipinski definition) is 2. The van der Waals surface area contributed by atoms with E-state index in [1.165, 1.54) is 0 Å². The maximum atomic E-state index is 4.15. The van der Waals surface area contributed by atoms with Crippen molar-refractivity contribution in [3.63, 3.8) is 0 Å². The molecule has 1 rings (SSSR count). The number of allylic oxidation sites excluding steroid dienone is 1. The molecule has 0 saturated carbocycles. The van der Waals surface area contributed by atoms with Gasteiger partial charge < -0.3 is 0 Å². The van der Waals surface area contributed by atoms with E-state index >= 15 is 0 Å². The molecule has 0 saturated heterocycles. The van der Waals surface area contributed by atoms with Crippen LogP contribution in [0.4, 0.5) is 0 Å². The predicted octanol–water partition coefficient (Wildman–Crippen LogP) is 1.83. The van der Waals surface area contributed by atoms with E-state index in [9.17, 15) is 0 Å². The molecule has 10 heavy (non-hydrogen) atoms. The fourth-order valence-electron chi connectivity index (χ4n) is 0.859. The molecule has 0 spiro atoms. The summed E-state index contributed by atoms with van der Waals surface area (Å²) in [5, 5.41) is 0. The van der Waals surface area contributed by atoms with Crippen molar-refractivity contribution < 1.29 is 0 Å². The first kappa shape index (κ1) is 7.19. The van der Waals surface area contributed by atoms with Crippen LogP contribution in [0, 0.1) is 0 Å². The van der Waals surface area contributed by atoms with Crippen LogP contribution in [0.25, 0.3) is 0 Å². The van der Waals surface area contributed by atoms with Crippen LogP contribution in [0.15, 0.2) is 22.1 Å². The highest BCUT2D eigenvalue weighted by atomic mass is 14.9. The SMILES string of the molecule is CCCC1=NC=NCC=C1. The summed E-state index contributed by atoms with van der Waals surface area (Å²) in [6.07, 6.45) is 7.94. The summed E-state index contributed by atoms with van der Waals surface area (Å²) in [5.74, 6) is 0. The van der Waals surface area contributed by atoms with Gasteiger partial charge in [0.15, 0.2) is 0 Å². The Labute approximate surface area is 61.4 Å². The smallest absolute Gasteiger partial charge is 0.110 e. The van der Waals surface area contributed by atoms with Crippen LogP contribution >= 0.6 is 0 Å². The minimum atomic E-state index is 0.775. The number of nitrogens with zero attached hydrogens (tertiary/aromatic N) is 2. The average molecular weight is 136 g/mol. The van der Waals surface area contributed by atoms with E-state index in [1.807, 2.05) is 6.08 Å². The van der Waals surface area contributed by atoms with Gasteiger partial charge in [-0.2, -0.15) is 0 Å². The number of hydrogen-bond donors (Lipinski definition) is 0. The van der Waals surface area contributed by atoms with E-state index in [2.05, 4.69) is 23.0 Å². The zero-order valence-electron chi connectivity index (χ0n) is 6.25. The van der Waals surface area contributed by atoms with Gasteiger partial charge in [0.25, 0.3) is 0 Å². The predicted molar refractivity (Wildman–Crippen MR) is 44.8 cm³/mol. The van der Waals surface area contributed by atoms with Crippen LogP contribution in [0.5, 0.6) is 0 Å². The first-order valence-corrected chi connectivity index (χ1v) is 3.65. The maximum Gasteiger partial charge on any atom is 0.110 e. The van der Waals surface area contributed by atoms with Crippen molar-refractivity contribution >= 4 is 12.1 Å². The Morgan fingerprint density at radius 2 is 2.50 bits per heavy atom. The van der Waals surface area contributed by atoms with Crippen molar-refractivity contribution in [1.29, 1.82) is 0 Å². The fourth-order valence-corrected chi connectivity index (χ4v) is 0.859. The molecule has 0 fully saturated rings. The molecule has 0 atom stereocenters. The Hall–Kier alpha value is -0.920. The van der Waals surface area contributed by atoms with Crippen molar-refractivity contribution in [2.45, 2.75) is 19.8 Å². The normalized spacial score (nSPS) is 16.7. The molecule has 0 aromatic rings. The van der Waals surface area contributed by atoms with E-state index in [4.69, 9.17) is 0 Å². The first-order valence-electron chi connectivity index (χ1n) is 3.65. The summed E-state index contributed by atoms with van der Waals surface area (Å²) in [4.78, 5) is 8.16. The van der Waals surface area contributed by atoms with Gasteiger partial charge in [0.05, 0.1) is 6.54 Å². The van der Waals surface area contributed by atoms with Crippen molar-refractivity contribution in [3.8, 4) is 0 Å². The van der Waals surface area contributed by atoms with Crippen LogP contribution in [0.2, 0.25) is 0 Å². The molecule has 0 amide bonds. The molecule has 54 valence electrons.